The van der Waals surface area contributed by atoms with Crippen molar-refractivity contribution in [2.45, 2.75) is 119 Å². The van der Waals surface area contributed by atoms with Gasteiger partial charge in [-0.15, -0.1) is 24.8 Å². The van der Waals surface area contributed by atoms with Gasteiger partial charge < -0.3 is 0 Å². The van der Waals surface area contributed by atoms with Crippen molar-refractivity contribution in [3.63, 3.8) is 0 Å². The minimum Gasteiger partial charge on any atom is -0.233 e. The van der Waals surface area contributed by atoms with E-state index in [4.69, 9.17) is 7.94 Å². The Labute approximate surface area is 198 Å². The molecular weight excluding hydrogens is 450 g/mol. The van der Waals surface area contributed by atoms with Crippen LogP contribution in [0, 0.1) is 0 Å². The van der Waals surface area contributed by atoms with Gasteiger partial charge in [0.2, 0.25) is 0 Å². The molecule has 0 atom stereocenters. The SMILES string of the molecule is CCCCCCS(CCC)(CCC)OP(=O)(F)OS(CCC)(CCC)CCCCCC. The maximum absolute atomic E-state index is 15.7. The Bertz CT molecular complexity index is 430. The van der Waals surface area contributed by atoms with Crippen molar-refractivity contribution in [3.8, 4) is 0 Å². The van der Waals surface area contributed by atoms with Gasteiger partial charge in [-0.2, -0.15) is 0 Å². The molecule has 0 fully saturated rings. The zero-order valence-corrected chi connectivity index (χ0v) is 24.1. The first-order valence-electron chi connectivity index (χ1n) is 13.0. The summed E-state index contributed by atoms with van der Waals surface area (Å²) in [5.74, 6) is 5.00. The molecule has 0 heterocycles. The smallest absolute Gasteiger partial charge is 0.233 e. The average Bonchev–Trinajstić information content (AvgIpc) is 2.69. The minimum atomic E-state index is -4.59. The third-order valence-corrected chi connectivity index (χ3v) is 16.2. The van der Waals surface area contributed by atoms with Gasteiger partial charge in [-0.25, -0.2) is 12.5 Å². The highest BCUT2D eigenvalue weighted by molar-refractivity contribution is 8.33. The van der Waals surface area contributed by atoms with Gasteiger partial charge in [0.15, 0.2) is 0 Å². The Kier molecular flexibility index (Phi) is 18.6. The molecule has 0 aliphatic carbocycles. The molecule has 0 N–H and O–H groups in total. The molecule has 0 bridgehead atoms. The third kappa shape index (κ3) is 13.9. The van der Waals surface area contributed by atoms with E-state index in [-0.39, 0.29) is 0 Å². The van der Waals surface area contributed by atoms with Crippen molar-refractivity contribution < 1.29 is 16.7 Å². The van der Waals surface area contributed by atoms with Crippen LogP contribution in [0.5, 0.6) is 0 Å². The summed E-state index contributed by atoms with van der Waals surface area (Å²) in [5.41, 5.74) is 0. The summed E-state index contributed by atoms with van der Waals surface area (Å²) in [7, 11) is -8.02. The van der Waals surface area contributed by atoms with E-state index < -0.39 is 28.5 Å². The lowest BCUT2D eigenvalue weighted by atomic mass is 10.2. The van der Waals surface area contributed by atoms with Crippen LogP contribution in [-0.2, 0) is 12.5 Å². The van der Waals surface area contributed by atoms with Gasteiger partial charge in [0.25, 0.3) is 0 Å². The molecule has 0 unspecified atom stereocenters. The summed E-state index contributed by atoms with van der Waals surface area (Å²) in [4.78, 5) is 0. The highest BCUT2D eigenvalue weighted by atomic mass is 32.3. The molecule has 7 heteroatoms. The molecule has 0 radical (unpaired) electrons. The predicted octanol–water partition coefficient (Wildman–Crippen LogP) is 10.3. The van der Waals surface area contributed by atoms with Gasteiger partial charge in [-0.1, -0.05) is 80.1 Å². The summed E-state index contributed by atoms with van der Waals surface area (Å²) in [5, 5.41) is 0. The molecule has 0 aromatic carbocycles. The van der Waals surface area contributed by atoms with Crippen LogP contribution >= 0.6 is 28.5 Å². The standard InChI is InChI=1S/C24H54FO3PS2/c1-7-13-15-17-23-30(19-9-3,20-10-4)27-29(25,26)28-31(21-11-5,22-12-6)24-18-16-14-8-2/h7-24H2,1-6H3. The fourth-order valence-corrected chi connectivity index (χ4v) is 15.1. The average molecular weight is 505 g/mol. The molecule has 0 saturated heterocycles. The Morgan fingerprint density at radius 1 is 0.516 bits per heavy atom. The first-order chi connectivity index (χ1) is 14.8. The zero-order valence-electron chi connectivity index (χ0n) is 21.6. The maximum atomic E-state index is 15.7. The summed E-state index contributed by atoms with van der Waals surface area (Å²) < 4.78 is 41.0. The number of unbranched alkanes of at least 4 members (excludes halogenated alkanes) is 6. The van der Waals surface area contributed by atoms with E-state index in [1.807, 2.05) is 0 Å². The summed E-state index contributed by atoms with van der Waals surface area (Å²) in [6.45, 7) is 12.9. The molecule has 0 aliphatic rings. The van der Waals surface area contributed by atoms with E-state index in [0.29, 0.717) is 0 Å². The number of hydrogen-bond acceptors (Lipinski definition) is 3. The third-order valence-electron chi connectivity index (χ3n) is 5.54. The van der Waals surface area contributed by atoms with E-state index in [1.165, 1.54) is 25.7 Å². The highest BCUT2D eigenvalue weighted by Gasteiger charge is 2.41. The lowest BCUT2D eigenvalue weighted by Gasteiger charge is -2.43. The van der Waals surface area contributed by atoms with Crippen LogP contribution in [-0.4, -0.2) is 34.5 Å². The van der Waals surface area contributed by atoms with Crippen LogP contribution in [0.25, 0.3) is 0 Å². The minimum absolute atomic E-state index is 0.824. The van der Waals surface area contributed by atoms with E-state index in [0.717, 1.165) is 85.9 Å². The van der Waals surface area contributed by atoms with Crippen LogP contribution in [0.1, 0.15) is 119 Å². The first-order valence-corrected chi connectivity index (χ1v) is 18.6. The Balaban J connectivity index is 5.52. The first kappa shape index (κ1) is 31.8. The molecule has 0 saturated carbocycles. The normalized spacial score (nSPS) is 14.2. The van der Waals surface area contributed by atoms with Gasteiger partial charge in [0.1, 0.15) is 0 Å². The van der Waals surface area contributed by atoms with Crippen LogP contribution in [0.3, 0.4) is 0 Å². The van der Waals surface area contributed by atoms with E-state index >= 15 is 4.20 Å². The lowest BCUT2D eigenvalue weighted by molar-refractivity contribution is 0.364. The van der Waals surface area contributed by atoms with Gasteiger partial charge in [-0.05, 0) is 73.0 Å². The van der Waals surface area contributed by atoms with E-state index in [1.54, 1.807) is 0 Å². The van der Waals surface area contributed by atoms with Crippen molar-refractivity contribution in [3.05, 3.63) is 0 Å². The number of halogens is 1. The number of rotatable bonds is 22. The topological polar surface area (TPSA) is 35.5 Å². The summed E-state index contributed by atoms with van der Waals surface area (Å²) in [6, 6.07) is 0. The maximum Gasteiger partial charge on any atom is 0.532 e. The highest BCUT2D eigenvalue weighted by Crippen LogP contribution is 2.73. The van der Waals surface area contributed by atoms with Crippen molar-refractivity contribution >= 4 is 28.5 Å². The molecular formula is C24H54FO3PS2. The second-order valence-corrected chi connectivity index (χ2v) is 17.2. The van der Waals surface area contributed by atoms with Crippen LogP contribution in [0.2, 0.25) is 0 Å². The zero-order chi connectivity index (χ0) is 23.6. The molecule has 0 rings (SSSR count). The van der Waals surface area contributed by atoms with Crippen molar-refractivity contribution in [2.75, 3.05) is 34.5 Å². The van der Waals surface area contributed by atoms with Crippen LogP contribution in [0.15, 0.2) is 0 Å². The van der Waals surface area contributed by atoms with E-state index in [9.17, 15) is 4.57 Å². The van der Waals surface area contributed by atoms with Gasteiger partial charge >= 0.3 is 7.91 Å². The molecule has 192 valence electrons. The largest absolute Gasteiger partial charge is 0.532 e. The van der Waals surface area contributed by atoms with Gasteiger partial charge in [0, 0.05) is 0 Å². The van der Waals surface area contributed by atoms with Crippen molar-refractivity contribution in [1.82, 2.24) is 0 Å². The summed E-state index contributed by atoms with van der Waals surface area (Å²) in [6.07, 6.45) is 12.8. The summed E-state index contributed by atoms with van der Waals surface area (Å²) >= 11 is 0. The van der Waals surface area contributed by atoms with Crippen molar-refractivity contribution in [2.24, 2.45) is 0 Å². The fraction of sp³-hybridized carbons (Fsp3) is 1.00. The lowest BCUT2D eigenvalue weighted by Crippen LogP contribution is -2.19. The van der Waals surface area contributed by atoms with Crippen LogP contribution < -0.4 is 0 Å². The number of hydrogen-bond donors (Lipinski definition) is 0. The Hall–Kier alpha value is 0.780. The second-order valence-electron chi connectivity index (χ2n) is 8.86. The monoisotopic (exact) mass is 504 g/mol. The Morgan fingerprint density at radius 2 is 0.839 bits per heavy atom. The fourth-order valence-electron chi connectivity index (χ4n) is 4.30. The second kappa shape index (κ2) is 18.2. The van der Waals surface area contributed by atoms with Crippen LogP contribution in [0.4, 0.5) is 4.20 Å². The molecule has 0 aromatic rings. The van der Waals surface area contributed by atoms with E-state index in [2.05, 4.69) is 41.5 Å². The van der Waals surface area contributed by atoms with Gasteiger partial charge in [-0.3, -0.25) is 0 Å². The molecule has 31 heavy (non-hydrogen) atoms. The quantitative estimate of drug-likeness (QED) is 0.109. The van der Waals surface area contributed by atoms with Crippen molar-refractivity contribution in [1.29, 1.82) is 0 Å². The molecule has 0 aliphatic heterocycles. The Morgan fingerprint density at radius 3 is 1.10 bits per heavy atom. The molecule has 0 aromatic heterocycles. The van der Waals surface area contributed by atoms with Gasteiger partial charge in [0.05, 0.1) is 0 Å². The molecule has 0 amide bonds. The molecule has 0 spiro atoms. The predicted molar refractivity (Wildman–Crippen MR) is 145 cm³/mol. The molecule has 3 nitrogen and oxygen atoms in total.